The Morgan fingerprint density at radius 1 is 1.14 bits per heavy atom. The molecule has 1 aromatic carbocycles. The number of nitrogens with zero attached hydrogens (tertiary/aromatic N) is 4. The summed E-state index contributed by atoms with van der Waals surface area (Å²) >= 11 is 2.21. The standard InChI is InChI=1S/C25H32IN5O4S2/c1-37(34,35)29-13-9-17(10-14-29)22-15-20-21(8-7-19(25(27)33)24(20)31(22)36-26)28-11-4-5-18(16-28)30-12-3-2-6-23(30)32/h7-9,15,18H,2-6,10-14,16H2,1H3,(H2,27,33)/t18-/m0/s1. The van der Waals surface area contributed by atoms with Crippen molar-refractivity contribution in [1.29, 1.82) is 0 Å². The molecular weight excluding hydrogens is 625 g/mol. The van der Waals surface area contributed by atoms with E-state index in [0.717, 1.165) is 73.2 Å². The van der Waals surface area contributed by atoms with E-state index in [1.807, 2.05) is 22.2 Å². The van der Waals surface area contributed by atoms with Gasteiger partial charge in [-0.1, -0.05) is 6.08 Å². The molecule has 1 atom stereocenters. The second-order valence-electron chi connectivity index (χ2n) is 10.0. The number of benzene rings is 1. The number of carbonyl (C=O) groups is 2. The molecule has 0 spiro atoms. The predicted octanol–water partition coefficient (Wildman–Crippen LogP) is 3.62. The zero-order valence-electron chi connectivity index (χ0n) is 20.9. The summed E-state index contributed by atoms with van der Waals surface area (Å²) in [4.78, 5) is 29.5. The highest BCUT2D eigenvalue weighted by molar-refractivity contribution is 14.2. The van der Waals surface area contributed by atoms with E-state index in [9.17, 15) is 18.0 Å². The lowest BCUT2D eigenvalue weighted by Gasteiger charge is -2.42. The number of carbonyl (C=O) groups excluding carboxylic acids is 2. The number of amides is 2. The predicted molar refractivity (Wildman–Crippen MR) is 157 cm³/mol. The molecule has 0 saturated carbocycles. The van der Waals surface area contributed by atoms with Crippen LogP contribution in [0.15, 0.2) is 24.3 Å². The van der Waals surface area contributed by atoms with Crippen LogP contribution in [0.1, 0.15) is 54.6 Å². The number of sulfonamides is 1. The van der Waals surface area contributed by atoms with Crippen molar-refractivity contribution in [3.8, 4) is 0 Å². The van der Waals surface area contributed by atoms with E-state index in [4.69, 9.17) is 5.73 Å². The molecule has 0 bridgehead atoms. The summed E-state index contributed by atoms with van der Waals surface area (Å²) in [5, 5.41) is 0.951. The van der Waals surface area contributed by atoms with E-state index in [2.05, 4.69) is 37.1 Å². The fraction of sp³-hybridized carbons (Fsp3) is 0.520. The van der Waals surface area contributed by atoms with Crippen LogP contribution >= 0.6 is 30.3 Å². The number of likely N-dealkylation sites (tertiary alicyclic amines) is 1. The molecule has 0 unspecified atom stereocenters. The Balaban J connectivity index is 1.55. The SMILES string of the molecule is CS(=O)(=O)N1CC=C(c2cc3c(N4CCC[C@H](N5CCCCC5=O)C4)ccc(C(N)=O)c3n2SI)CC1. The monoisotopic (exact) mass is 657 g/mol. The average Bonchev–Trinajstić information content (AvgIpc) is 3.27. The molecule has 3 aliphatic heterocycles. The zero-order valence-corrected chi connectivity index (χ0v) is 24.6. The molecule has 1 aromatic heterocycles. The van der Waals surface area contributed by atoms with Gasteiger partial charge < -0.3 is 15.5 Å². The number of aromatic nitrogens is 1. The molecule has 0 aliphatic carbocycles. The third-order valence-corrected chi connectivity index (χ3v) is 10.7. The Hall–Kier alpha value is -1.77. The smallest absolute Gasteiger partial charge is 0.250 e. The maximum absolute atomic E-state index is 12.6. The number of fused-ring (bicyclic) bond motifs is 1. The lowest BCUT2D eigenvalue weighted by Crippen LogP contribution is -2.51. The number of rotatable bonds is 6. The van der Waals surface area contributed by atoms with Gasteiger partial charge in [0.15, 0.2) is 0 Å². The molecule has 2 aromatic rings. The van der Waals surface area contributed by atoms with Crippen molar-refractivity contribution in [3.63, 3.8) is 0 Å². The first-order valence-electron chi connectivity index (χ1n) is 12.7. The summed E-state index contributed by atoms with van der Waals surface area (Å²) < 4.78 is 27.5. The minimum Gasteiger partial charge on any atom is -0.369 e. The topological polar surface area (TPSA) is 109 Å². The third kappa shape index (κ3) is 5.26. The highest BCUT2D eigenvalue weighted by Crippen LogP contribution is 2.41. The molecule has 3 aliphatic rings. The largest absolute Gasteiger partial charge is 0.369 e. The Kier molecular flexibility index (Phi) is 7.81. The fourth-order valence-corrected chi connectivity index (χ4v) is 8.37. The van der Waals surface area contributed by atoms with Gasteiger partial charge in [-0.05, 0) is 55.9 Å². The first kappa shape index (κ1) is 26.8. The van der Waals surface area contributed by atoms with E-state index in [1.165, 1.54) is 19.7 Å². The van der Waals surface area contributed by atoms with Crippen molar-refractivity contribution < 1.29 is 18.0 Å². The van der Waals surface area contributed by atoms with Crippen molar-refractivity contribution in [1.82, 2.24) is 13.2 Å². The van der Waals surface area contributed by atoms with Crippen LogP contribution in [0.5, 0.6) is 0 Å². The van der Waals surface area contributed by atoms with Gasteiger partial charge in [0.05, 0.1) is 23.0 Å². The van der Waals surface area contributed by atoms with Crippen molar-refractivity contribution in [2.75, 3.05) is 43.9 Å². The Labute approximate surface area is 234 Å². The van der Waals surface area contributed by atoms with Crippen molar-refractivity contribution in [2.24, 2.45) is 5.73 Å². The molecule has 4 heterocycles. The van der Waals surface area contributed by atoms with Gasteiger partial charge in [-0.2, -0.15) is 4.31 Å². The molecular formula is C25H32IN5O4S2. The highest BCUT2D eigenvalue weighted by Gasteiger charge is 2.32. The van der Waals surface area contributed by atoms with Crippen LogP contribution in [0, 0.1) is 0 Å². The van der Waals surface area contributed by atoms with Crippen LogP contribution in [-0.4, -0.2) is 78.4 Å². The summed E-state index contributed by atoms with van der Waals surface area (Å²) in [5.74, 6) is -0.223. The highest BCUT2D eigenvalue weighted by atomic mass is 127. The lowest BCUT2D eigenvalue weighted by atomic mass is 9.98. The quantitative estimate of drug-likeness (QED) is 0.476. The van der Waals surface area contributed by atoms with Gasteiger partial charge in [0, 0.05) is 86.6 Å². The van der Waals surface area contributed by atoms with Gasteiger partial charge in [0.2, 0.25) is 15.9 Å². The number of anilines is 1. The van der Waals surface area contributed by atoms with Crippen molar-refractivity contribution >= 4 is 74.3 Å². The number of nitrogens with two attached hydrogens (primary N) is 1. The number of primary amides is 1. The summed E-state index contributed by atoms with van der Waals surface area (Å²) in [5.41, 5.74) is 10.1. The molecule has 2 N–H and O–H groups in total. The second kappa shape index (κ2) is 10.8. The number of hydrogen-bond acceptors (Lipinski definition) is 6. The molecule has 5 rings (SSSR count). The summed E-state index contributed by atoms with van der Waals surface area (Å²) in [7, 11) is -1.77. The Morgan fingerprint density at radius 2 is 1.95 bits per heavy atom. The molecule has 200 valence electrons. The molecule has 37 heavy (non-hydrogen) atoms. The molecule has 2 fully saturated rings. The van der Waals surface area contributed by atoms with Gasteiger partial charge in [0.25, 0.3) is 5.91 Å². The van der Waals surface area contributed by atoms with E-state index >= 15 is 0 Å². The lowest BCUT2D eigenvalue weighted by molar-refractivity contribution is -0.135. The molecule has 9 nitrogen and oxygen atoms in total. The van der Waals surface area contributed by atoms with Gasteiger partial charge in [-0.25, -0.2) is 8.42 Å². The number of hydrogen-bond donors (Lipinski definition) is 1. The van der Waals surface area contributed by atoms with Crippen LogP contribution in [0.25, 0.3) is 16.5 Å². The summed E-state index contributed by atoms with van der Waals surface area (Å²) in [6, 6.07) is 6.09. The molecule has 12 heteroatoms. The molecule has 2 amide bonds. The second-order valence-corrected chi connectivity index (χ2v) is 13.7. The van der Waals surface area contributed by atoms with Gasteiger partial charge in [-0.3, -0.25) is 13.6 Å². The van der Waals surface area contributed by atoms with E-state index in [1.54, 1.807) is 0 Å². The summed E-state index contributed by atoms with van der Waals surface area (Å²) in [6.07, 6.45) is 8.46. The number of piperidine rings is 2. The van der Waals surface area contributed by atoms with Crippen LogP contribution < -0.4 is 10.6 Å². The van der Waals surface area contributed by atoms with Crippen molar-refractivity contribution in [3.05, 3.63) is 35.5 Å². The Bertz CT molecular complexity index is 1370. The molecule has 2 saturated heterocycles. The van der Waals surface area contributed by atoms with Crippen LogP contribution in [0.2, 0.25) is 0 Å². The third-order valence-electron chi connectivity index (χ3n) is 7.74. The van der Waals surface area contributed by atoms with Gasteiger partial charge in [-0.15, -0.1) is 0 Å². The van der Waals surface area contributed by atoms with E-state index < -0.39 is 15.9 Å². The summed E-state index contributed by atoms with van der Waals surface area (Å²) in [6.45, 7) is 3.23. The first-order valence-corrected chi connectivity index (χ1v) is 17.8. The fourth-order valence-electron chi connectivity index (χ4n) is 5.87. The Morgan fingerprint density at radius 3 is 2.59 bits per heavy atom. The van der Waals surface area contributed by atoms with Gasteiger partial charge >= 0.3 is 0 Å². The zero-order chi connectivity index (χ0) is 26.3. The van der Waals surface area contributed by atoms with E-state index in [0.29, 0.717) is 31.5 Å². The minimum absolute atomic E-state index is 0.191. The van der Waals surface area contributed by atoms with Crippen molar-refractivity contribution in [2.45, 2.75) is 44.6 Å². The first-order chi connectivity index (χ1) is 17.7. The van der Waals surface area contributed by atoms with Crippen LogP contribution in [0.4, 0.5) is 5.69 Å². The minimum atomic E-state index is -3.25. The van der Waals surface area contributed by atoms with Crippen LogP contribution in [0.3, 0.4) is 0 Å². The molecule has 0 radical (unpaired) electrons. The average molecular weight is 658 g/mol. The normalized spacial score (nSPS) is 21.9. The number of halogens is 1. The van der Waals surface area contributed by atoms with Gasteiger partial charge in [0.1, 0.15) is 0 Å². The van der Waals surface area contributed by atoms with Crippen LogP contribution in [-0.2, 0) is 14.8 Å². The van der Waals surface area contributed by atoms with E-state index in [-0.39, 0.29) is 11.9 Å². The maximum Gasteiger partial charge on any atom is 0.250 e. The maximum atomic E-state index is 12.6.